The Morgan fingerprint density at radius 1 is 1.11 bits per heavy atom. The van der Waals surface area contributed by atoms with Crippen molar-refractivity contribution in [2.24, 2.45) is 11.3 Å². The maximum atomic E-state index is 13.1. The molecule has 146 valence electrons. The van der Waals surface area contributed by atoms with Gasteiger partial charge in [0.05, 0.1) is 11.3 Å². The molecule has 3 aliphatic rings. The molecule has 2 amide bonds. The molecule has 2 saturated carbocycles. The highest BCUT2D eigenvalue weighted by Gasteiger charge is 2.80. The van der Waals surface area contributed by atoms with Crippen molar-refractivity contribution in [2.75, 3.05) is 11.6 Å². The fourth-order valence-corrected chi connectivity index (χ4v) is 5.45. The summed E-state index contributed by atoms with van der Waals surface area (Å²) in [6, 6.07) is 14.4. The van der Waals surface area contributed by atoms with E-state index in [4.69, 9.17) is 5.84 Å². The zero-order valence-electron chi connectivity index (χ0n) is 15.1. The third-order valence-electron chi connectivity index (χ3n) is 7.01. The summed E-state index contributed by atoms with van der Waals surface area (Å²) in [5.74, 6) is 6.01. The molecular formula is C21H20F3N3O. The number of hydrogen-bond acceptors (Lipinski definition) is 2. The number of nitrogens with zero attached hydrogens (tertiary/aromatic N) is 2. The number of urea groups is 1. The Labute approximate surface area is 160 Å². The monoisotopic (exact) mass is 387 g/mol. The molecule has 28 heavy (non-hydrogen) atoms. The molecule has 2 aliphatic carbocycles. The predicted octanol–water partition coefficient (Wildman–Crippen LogP) is 4.31. The highest BCUT2D eigenvalue weighted by Crippen LogP contribution is 2.79. The van der Waals surface area contributed by atoms with Gasteiger partial charge in [0.1, 0.15) is 0 Å². The summed E-state index contributed by atoms with van der Waals surface area (Å²) in [4.78, 5) is 14.9. The summed E-state index contributed by atoms with van der Waals surface area (Å²) < 4.78 is 38.3. The van der Waals surface area contributed by atoms with Gasteiger partial charge in [-0.3, -0.25) is 0 Å². The number of alkyl halides is 3. The zero-order chi connectivity index (χ0) is 19.7. The van der Waals surface area contributed by atoms with Gasteiger partial charge < -0.3 is 4.90 Å². The van der Waals surface area contributed by atoms with Gasteiger partial charge in [0.25, 0.3) is 0 Å². The zero-order valence-corrected chi connectivity index (χ0v) is 15.1. The molecule has 1 aliphatic heterocycles. The Kier molecular flexibility index (Phi) is 3.45. The van der Waals surface area contributed by atoms with Crippen LogP contribution in [0.2, 0.25) is 0 Å². The van der Waals surface area contributed by atoms with Gasteiger partial charge >= 0.3 is 12.2 Å². The van der Waals surface area contributed by atoms with Crippen LogP contribution in [0.5, 0.6) is 0 Å². The minimum Gasteiger partial charge on any atom is -0.319 e. The van der Waals surface area contributed by atoms with E-state index in [1.165, 1.54) is 17.7 Å². The van der Waals surface area contributed by atoms with Crippen LogP contribution >= 0.6 is 0 Å². The summed E-state index contributed by atoms with van der Waals surface area (Å²) in [5, 5.41) is 0.968. The second-order valence-electron chi connectivity index (χ2n) is 8.16. The number of likely N-dealkylation sites (tertiary alicyclic amines) is 1. The van der Waals surface area contributed by atoms with Crippen LogP contribution in [-0.2, 0) is 11.6 Å². The van der Waals surface area contributed by atoms with Gasteiger partial charge in [-0.05, 0) is 49.1 Å². The Hall–Kier alpha value is -2.54. The van der Waals surface area contributed by atoms with Gasteiger partial charge in [-0.2, -0.15) is 13.2 Å². The van der Waals surface area contributed by atoms with E-state index in [1.807, 2.05) is 23.1 Å². The van der Waals surface area contributed by atoms with Crippen molar-refractivity contribution >= 4 is 11.7 Å². The fourth-order valence-electron chi connectivity index (χ4n) is 5.45. The average Bonchev–Trinajstić information content (AvgIpc) is 3.33. The Morgan fingerprint density at radius 2 is 1.79 bits per heavy atom. The SMILES string of the molecule is NN(C(=O)N1CC2(c3ccccc3)CC23CCC13)c1ccc(C(F)(F)F)cc1. The molecule has 4 nitrogen and oxygen atoms in total. The highest BCUT2D eigenvalue weighted by molar-refractivity contribution is 5.92. The summed E-state index contributed by atoms with van der Waals surface area (Å²) in [6.07, 6.45) is -1.29. The number of anilines is 1. The molecule has 3 unspecified atom stereocenters. The van der Waals surface area contributed by atoms with Crippen molar-refractivity contribution in [3.63, 3.8) is 0 Å². The lowest BCUT2D eigenvalue weighted by Gasteiger charge is -2.41. The first kappa shape index (κ1) is 17.6. The van der Waals surface area contributed by atoms with Crippen molar-refractivity contribution < 1.29 is 18.0 Å². The standard InChI is InChI=1S/C21H20F3N3O/c22-21(23,24)15-6-8-16(9-7-15)27(25)18(28)26-13-20(14-4-2-1-3-5-14)12-19(20)11-10-17(19)26/h1-9,17H,10-13,25H2. The van der Waals surface area contributed by atoms with Crippen molar-refractivity contribution in [2.45, 2.75) is 36.9 Å². The van der Waals surface area contributed by atoms with Crippen LogP contribution in [0.1, 0.15) is 30.4 Å². The van der Waals surface area contributed by atoms with Gasteiger partial charge in [-0.1, -0.05) is 30.3 Å². The molecule has 5 rings (SSSR count). The molecule has 0 aromatic heterocycles. The summed E-state index contributed by atoms with van der Waals surface area (Å²) in [5.41, 5.74) is 0.882. The number of hydrogen-bond donors (Lipinski definition) is 1. The molecule has 1 spiro atoms. The third-order valence-corrected chi connectivity index (χ3v) is 7.01. The van der Waals surface area contributed by atoms with Crippen LogP contribution in [0.3, 0.4) is 0 Å². The molecule has 0 radical (unpaired) electrons. The van der Waals surface area contributed by atoms with E-state index in [1.54, 1.807) is 0 Å². The molecule has 7 heteroatoms. The summed E-state index contributed by atoms with van der Waals surface area (Å²) in [7, 11) is 0. The van der Waals surface area contributed by atoms with Crippen molar-refractivity contribution in [3.05, 3.63) is 65.7 Å². The maximum absolute atomic E-state index is 13.1. The molecule has 0 bridgehead atoms. The third kappa shape index (κ3) is 2.19. The van der Waals surface area contributed by atoms with E-state index in [0.717, 1.165) is 36.4 Å². The quantitative estimate of drug-likeness (QED) is 0.474. The first-order valence-electron chi connectivity index (χ1n) is 9.37. The molecule has 3 fully saturated rings. The summed E-state index contributed by atoms with van der Waals surface area (Å²) in [6.45, 7) is 0.606. The van der Waals surface area contributed by atoms with E-state index in [9.17, 15) is 18.0 Å². The van der Waals surface area contributed by atoms with Crippen molar-refractivity contribution in [3.8, 4) is 0 Å². The fraction of sp³-hybridized carbons (Fsp3) is 0.381. The van der Waals surface area contributed by atoms with E-state index < -0.39 is 11.7 Å². The minimum atomic E-state index is -4.42. The molecule has 2 N–H and O–H groups in total. The van der Waals surface area contributed by atoms with Crippen molar-refractivity contribution in [1.82, 2.24) is 4.90 Å². The number of amides is 2. The lowest BCUT2D eigenvalue weighted by molar-refractivity contribution is -0.137. The van der Waals surface area contributed by atoms with E-state index >= 15 is 0 Å². The van der Waals surface area contributed by atoms with Gasteiger partial charge in [0.15, 0.2) is 0 Å². The smallest absolute Gasteiger partial charge is 0.319 e. The Bertz CT molecular complexity index is 930. The van der Waals surface area contributed by atoms with Gasteiger partial charge in [0.2, 0.25) is 0 Å². The number of nitrogens with two attached hydrogens (primary N) is 1. The van der Waals surface area contributed by atoms with Gasteiger partial charge in [0, 0.05) is 23.4 Å². The first-order chi connectivity index (χ1) is 13.3. The maximum Gasteiger partial charge on any atom is 0.416 e. The van der Waals surface area contributed by atoms with E-state index in [0.29, 0.717) is 6.54 Å². The van der Waals surface area contributed by atoms with Gasteiger partial charge in [-0.15, -0.1) is 0 Å². The molecule has 1 saturated heterocycles. The topological polar surface area (TPSA) is 49.6 Å². The Balaban J connectivity index is 1.38. The van der Waals surface area contributed by atoms with E-state index in [2.05, 4.69) is 12.1 Å². The van der Waals surface area contributed by atoms with Crippen LogP contribution in [0, 0.1) is 5.41 Å². The second-order valence-corrected chi connectivity index (χ2v) is 8.16. The Morgan fingerprint density at radius 3 is 2.36 bits per heavy atom. The van der Waals surface area contributed by atoms with Crippen LogP contribution in [-0.4, -0.2) is 23.5 Å². The first-order valence-corrected chi connectivity index (χ1v) is 9.37. The molecular weight excluding hydrogens is 367 g/mol. The van der Waals surface area contributed by atoms with Crippen LogP contribution < -0.4 is 10.9 Å². The minimum absolute atomic E-state index is 0.00613. The number of rotatable bonds is 2. The second kappa shape index (κ2) is 5.50. The van der Waals surface area contributed by atoms with Crippen LogP contribution in [0.15, 0.2) is 54.6 Å². The molecule has 3 atom stereocenters. The normalized spacial score (nSPS) is 30.3. The van der Waals surface area contributed by atoms with E-state index in [-0.39, 0.29) is 28.6 Å². The largest absolute Gasteiger partial charge is 0.416 e. The predicted molar refractivity (Wildman–Crippen MR) is 98.4 cm³/mol. The molecule has 2 aromatic rings. The van der Waals surface area contributed by atoms with Crippen LogP contribution in [0.25, 0.3) is 0 Å². The van der Waals surface area contributed by atoms with Gasteiger partial charge in [-0.25, -0.2) is 15.6 Å². The molecule has 1 heterocycles. The number of piperidine rings is 1. The summed E-state index contributed by atoms with van der Waals surface area (Å²) >= 11 is 0. The number of hydrazine groups is 1. The van der Waals surface area contributed by atoms with Crippen molar-refractivity contribution in [1.29, 1.82) is 0 Å². The van der Waals surface area contributed by atoms with Crippen LogP contribution in [0.4, 0.5) is 23.7 Å². The number of benzene rings is 2. The number of halogens is 3. The lowest BCUT2D eigenvalue weighted by Crippen LogP contribution is -2.54. The lowest BCUT2D eigenvalue weighted by atomic mass is 9.72. The average molecular weight is 387 g/mol. The number of carbonyl (C=O) groups excluding carboxylic acids is 1. The molecule has 2 aromatic carbocycles. The number of carbonyl (C=O) groups is 1. The highest BCUT2D eigenvalue weighted by atomic mass is 19.4.